The molecule has 164 valence electrons. The van der Waals surface area contributed by atoms with E-state index in [2.05, 4.69) is 0 Å². The van der Waals surface area contributed by atoms with E-state index in [-0.39, 0.29) is 35.0 Å². The SMILES string of the molecule is CC1(CC(=O)c2ccc3c(c2)C(C)(C)C(=O)N3c2cccc(F)c2)CCS(=O)(=O)CC1. The lowest BCUT2D eigenvalue weighted by atomic mass is 9.78. The van der Waals surface area contributed by atoms with Crippen LogP contribution < -0.4 is 4.90 Å². The van der Waals surface area contributed by atoms with Crippen molar-refractivity contribution in [3.63, 3.8) is 0 Å². The van der Waals surface area contributed by atoms with Gasteiger partial charge in [0.25, 0.3) is 0 Å². The third-order valence-corrected chi connectivity index (χ3v) is 8.31. The van der Waals surface area contributed by atoms with E-state index >= 15 is 0 Å². The number of fused-ring (bicyclic) bond motifs is 1. The number of halogens is 1. The van der Waals surface area contributed by atoms with Crippen LogP contribution in [0.2, 0.25) is 0 Å². The molecule has 0 saturated carbocycles. The van der Waals surface area contributed by atoms with E-state index in [9.17, 15) is 22.4 Å². The van der Waals surface area contributed by atoms with Gasteiger partial charge in [-0.25, -0.2) is 12.8 Å². The Hall–Kier alpha value is -2.54. The number of hydrogen-bond acceptors (Lipinski definition) is 4. The van der Waals surface area contributed by atoms with Gasteiger partial charge in [0.15, 0.2) is 5.78 Å². The van der Waals surface area contributed by atoms with Crippen molar-refractivity contribution in [2.45, 2.75) is 45.4 Å². The van der Waals surface area contributed by atoms with E-state index in [1.807, 2.05) is 6.92 Å². The number of hydrogen-bond donors (Lipinski definition) is 0. The second kappa shape index (κ2) is 7.26. The number of rotatable bonds is 4. The van der Waals surface area contributed by atoms with Gasteiger partial charge in [0.2, 0.25) is 5.91 Å². The number of anilines is 2. The summed E-state index contributed by atoms with van der Waals surface area (Å²) < 4.78 is 37.3. The second-order valence-electron chi connectivity index (χ2n) is 9.54. The Kier molecular flexibility index (Phi) is 5.08. The molecule has 2 aromatic rings. The minimum atomic E-state index is -3.00. The van der Waals surface area contributed by atoms with E-state index in [1.165, 1.54) is 17.0 Å². The number of amides is 1. The summed E-state index contributed by atoms with van der Waals surface area (Å²) in [5, 5.41) is 0. The Bertz CT molecular complexity index is 1170. The van der Waals surface area contributed by atoms with Crippen molar-refractivity contribution in [1.82, 2.24) is 0 Å². The van der Waals surface area contributed by atoms with Crippen LogP contribution in [-0.4, -0.2) is 31.6 Å². The van der Waals surface area contributed by atoms with Crippen LogP contribution in [0.3, 0.4) is 0 Å². The van der Waals surface area contributed by atoms with E-state index in [0.29, 0.717) is 29.8 Å². The van der Waals surface area contributed by atoms with Crippen molar-refractivity contribution >= 4 is 32.9 Å². The molecular weight excluding hydrogens is 417 g/mol. The summed E-state index contributed by atoms with van der Waals surface area (Å²) >= 11 is 0. The Morgan fingerprint density at radius 3 is 2.39 bits per heavy atom. The zero-order chi connectivity index (χ0) is 22.6. The Balaban J connectivity index is 1.64. The van der Waals surface area contributed by atoms with E-state index in [1.54, 1.807) is 44.2 Å². The summed E-state index contributed by atoms with van der Waals surface area (Å²) in [6.45, 7) is 5.57. The van der Waals surface area contributed by atoms with Gasteiger partial charge in [-0.1, -0.05) is 13.0 Å². The third-order valence-electron chi connectivity index (χ3n) is 6.66. The summed E-state index contributed by atoms with van der Waals surface area (Å²) in [5.74, 6) is -0.429. The lowest BCUT2D eigenvalue weighted by Crippen LogP contribution is -2.33. The fourth-order valence-electron chi connectivity index (χ4n) is 4.48. The van der Waals surface area contributed by atoms with Gasteiger partial charge in [-0.15, -0.1) is 0 Å². The summed E-state index contributed by atoms with van der Waals surface area (Å²) in [6.07, 6.45) is 1.22. The highest BCUT2D eigenvalue weighted by molar-refractivity contribution is 7.91. The second-order valence-corrected chi connectivity index (χ2v) is 11.8. The quantitative estimate of drug-likeness (QED) is 0.649. The Morgan fingerprint density at radius 2 is 1.74 bits per heavy atom. The van der Waals surface area contributed by atoms with Crippen LogP contribution in [0.15, 0.2) is 42.5 Å². The van der Waals surface area contributed by atoms with Gasteiger partial charge in [0.1, 0.15) is 15.7 Å². The van der Waals surface area contributed by atoms with E-state index < -0.39 is 21.1 Å². The number of carbonyl (C=O) groups is 2. The molecule has 0 aliphatic carbocycles. The van der Waals surface area contributed by atoms with Crippen molar-refractivity contribution in [3.8, 4) is 0 Å². The molecule has 2 aliphatic rings. The third kappa shape index (κ3) is 3.91. The zero-order valence-corrected chi connectivity index (χ0v) is 18.8. The van der Waals surface area contributed by atoms with Crippen LogP contribution in [0.4, 0.5) is 15.8 Å². The number of nitrogens with zero attached hydrogens (tertiary/aromatic N) is 1. The number of carbonyl (C=O) groups excluding carboxylic acids is 2. The molecule has 4 rings (SSSR count). The normalized spacial score (nSPS) is 21.0. The molecule has 0 N–H and O–H groups in total. The van der Waals surface area contributed by atoms with Crippen LogP contribution in [0.25, 0.3) is 0 Å². The smallest absolute Gasteiger partial charge is 0.241 e. The van der Waals surface area contributed by atoms with Gasteiger partial charge in [-0.2, -0.15) is 0 Å². The van der Waals surface area contributed by atoms with Crippen molar-refractivity contribution in [3.05, 3.63) is 59.4 Å². The van der Waals surface area contributed by atoms with Crippen molar-refractivity contribution < 1.29 is 22.4 Å². The highest BCUT2D eigenvalue weighted by Crippen LogP contribution is 2.46. The highest BCUT2D eigenvalue weighted by Gasteiger charge is 2.45. The average Bonchev–Trinajstić information content (AvgIpc) is 2.90. The molecule has 0 atom stereocenters. The highest BCUT2D eigenvalue weighted by atomic mass is 32.2. The first-order valence-electron chi connectivity index (χ1n) is 10.4. The minimum Gasteiger partial charge on any atom is -0.294 e. The molecule has 31 heavy (non-hydrogen) atoms. The molecule has 7 heteroatoms. The number of sulfone groups is 1. The molecule has 1 amide bonds. The van der Waals surface area contributed by atoms with Gasteiger partial charge < -0.3 is 0 Å². The molecule has 0 radical (unpaired) electrons. The topological polar surface area (TPSA) is 71.5 Å². The molecule has 5 nitrogen and oxygen atoms in total. The molecule has 0 spiro atoms. The van der Waals surface area contributed by atoms with Gasteiger partial charge in [0, 0.05) is 12.0 Å². The molecule has 1 saturated heterocycles. The first-order valence-corrected chi connectivity index (χ1v) is 12.2. The van der Waals surface area contributed by atoms with Crippen molar-refractivity contribution in [2.75, 3.05) is 16.4 Å². The monoisotopic (exact) mass is 443 g/mol. The Labute approximate surface area is 182 Å². The van der Waals surface area contributed by atoms with Crippen molar-refractivity contribution in [2.24, 2.45) is 5.41 Å². The lowest BCUT2D eigenvalue weighted by molar-refractivity contribution is -0.121. The summed E-state index contributed by atoms with van der Waals surface area (Å²) in [6, 6.07) is 11.1. The molecule has 0 unspecified atom stereocenters. The van der Waals surface area contributed by atoms with Crippen molar-refractivity contribution in [1.29, 1.82) is 0 Å². The first kappa shape index (κ1) is 21.7. The maximum absolute atomic E-state index is 13.8. The van der Waals surface area contributed by atoms with Gasteiger partial charge >= 0.3 is 0 Å². The van der Waals surface area contributed by atoms with E-state index in [4.69, 9.17) is 0 Å². The predicted molar refractivity (Wildman–Crippen MR) is 118 cm³/mol. The zero-order valence-electron chi connectivity index (χ0n) is 17.9. The fourth-order valence-corrected chi connectivity index (χ4v) is 6.29. The summed E-state index contributed by atoms with van der Waals surface area (Å²) in [4.78, 5) is 27.7. The van der Waals surface area contributed by atoms with Gasteiger partial charge in [-0.05, 0) is 74.1 Å². The molecular formula is C24H26FNO4S. The standard InChI is InChI=1S/C24H26FNO4S/c1-23(2)19-13-16(21(27)15-24(3)9-11-31(29,30)12-10-24)7-8-20(19)26(22(23)28)18-6-4-5-17(25)14-18/h4-8,13-14H,9-12,15H2,1-3H3. The summed E-state index contributed by atoms with van der Waals surface area (Å²) in [7, 11) is -3.00. The predicted octanol–water partition coefficient (Wildman–Crippen LogP) is 4.57. The maximum Gasteiger partial charge on any atom is 0.241 e. The number of benzene rings is 2. The van der Waals surface area contributed by atoms with Gasteiger partial charge in [-0.3, -0.25) is 14.5 Å². The van der Waals surface area contributed by atoms with Crippen LogP contribution in [-0.2, 0) is 20.0 Å². The van der Waals surface area contributed by atoms with Crippen LogP contribution >= 0.6 is 0 Å². The average molecular weight is 444 g/mol. The van der Waals surface area contributed by atoms with Crippen LogP contribution in [0, 0.1) is 11.2 Å². The Morgan fingerprint density at radius 1 is 1.06 bits per heavy atom. The van der Waals surface area contributed by atoms with Crippen LogP contribution in [0.1, 0.15) is 56.0 Å². The number of ketones is 1. The largest absolute Gasteiger partial charge is 0.294 e. The first-order chi connectivity index (χ1) is 14.4. The van der Waals surface area contributed by atoms with E-state index in [0.717, 1.165) is 5.56 Å². The summed E-state index contributed by atoms with van der Waals surface area (Å²) in [5.41, 5.74) is 1.12. The number of Topliss-reactive ketones (excluding diaryl/α,β-unsaturated/α-hetero) is 1. The molecule has 0 bridgehead atoms. The minimum absolute atomic E-state index is 0.0583. The molecule has 1 fully saturated rings. The maximum atomic E-state index is 13.8. The lowest BCUT2D eigenvalue weighted by Gasteiger charge is -2.32. The molecule has 2 aliphatic heterocycles. The van der Waals surface area contributed by atoms with Crippen LogP contribution in [0.5, 0.6) is 0 Å². The molecule has 2 heterocycles. The van der Waals surface area contributed by atoms with Gasteiger partial charge in [0.05, 0.1) is 28.3 Å². The molecule has 0 aromatic heterocycles. The molecule has 2 aromatic carbocycles. The fraction of sp³-hybridized carbons (Fsp3) is 0.417.